The van der Waals surface area contributed by atoms with E-state index in [0.29, 0.717) is 0 Å². The Hall–Kier alpha value is -2.35. The first-order valence-electron chi connectivity index (χ1n) is 4.76. The Morgan fingerprint density at radius 1 is 1.56 bits per heavy atom. The number of aromatic amines is 1. The molecule has 0 atom stereocenters. The fourth-order valence-corrected chi connectivity index (χ4v) is 1.79. The zero-order valence-corrected chi connectivity index (χ0v) is 8.65. The van der Waals surface area contributed by atoms with E-state index in [2.05, 4.69) is 11.1 Å². The van der Waals surface area contributed by atoms with Crippen molar-refractivity contribution >= 4 is 16.6 Å². The maximum absolute atomic E-state index is 10.7. The molecular formula is C11H9N3O2. The van der Waals surface area contributed by atoms with Crippen LogP contribution in [0.3, 0.4) is 0 Å². The van der Waals surface area contributed by atoms with Crippen molar-refractivity contribution in [2.45, 2.75) is 13.3 Å². The summed E-state index contributed by atoms with van der Waals surface area (Å²) < 4.78 is 0. The minimum absolute atomic E-state index is 0.0469. The van der Waals surface area contributed by atoms with E-state index in [0.717, 1.165) is 22.2 Å². The summed E-state index contributed by atoms with van der Waals surface area (Å²) in [6.07, 6.45) is 0.257. The summed E-state index contributed by atoms with van der Waals surface area (Å²) in [4.78, 5) is 13.3. The molecule has 0 saturated carbocycles. The molecule has 0 radical (unpaired) electrons. The Morgan fingerprint density at radius 2 is 2.31 bits per heavy atom. The normalized spacial score (nSPS) is 10.2. The zero-order valence-electron chi connectivity index (χ0n) is 8.65. The monoisotopic (exact) mass is 215 g/mol. The first kappa shape index (κ1) is 10.2. The SMILES string of the molecule is Cc1[nH]c2ccc([N+](=O)[O-])cc2c1CC#N. The highest BCUT2D eigenvalue weighted by molar-refractivity contribution is 5.86. The first-order valence-corrected chi connectivity index (χ1v) is 4.76. The van der Waals surface area contributed by atoms with Gasteiger partial charge in [0.2, 0.25) is 0 Å². The molecule has 5 heteroatoms. The molecule has 0 saturated heterocycles. The number of H-pyrrole nitrogens is 1. The van der Waals surface area contributed by atoms with Crippen molar-refractivity contribution in [2.24, 2.45) is 0 Å². The minimum Gasteiger partial charge on any atom is -0.358 e. The largest absolute Gasteiger partial charge is 0.358 e. The molecule has 1 N–H and O–H groups in total. The van der Waals surface area contributed by atoms with Gasteiger partial charge in [-0.15, -0.1) is 0 Å². The second-order valence-corrected chi connectivity index (χ2v) is 3.55. The van der Waals surface area contributed by atoms with Crippen LogP contribution in [-0.2, 0) is 6.42 Å². The summed E-state index contributed by atoms with van der Waals surface area (Å²) in [5.41, 5.74) is 2.59. The molecular weight excluding hydrogens is 206 g/mol. The van der Waals surface area contributed by atoms with Crippen molar-refractivity contribution in [3.8, 4) is 6.07 Å². The number of hydrogen-bond donors (Lipinski definition) is 1. The number of fused-ring (bicyclic) bond motifs is 1. The Bertz CT molecular complexity index is 607. The number of nitriles is 1. The lowest BCUT2D eigenvalue weighted by molar-refractivity contribution is -0.384. The maximum atomic E-state index is 10.7. The van der Waals surface area contributed by atoms with E-state index in [9.17, 15) is 10.1 Å². The molecule has 0 spiro atoms. The van der Waals surface area contributed by atoms with Crippen LogP contribution in [0.15, 0.2) is 18.2 Å². The number of benzene rings is 1. The molecule has 1 aromatic carbocycles. The summed E-state index contributed by atoms with van der Waals surface area (Å²) in [5.74, 6) is 0. The Kier molecular flexibility index (Phi) is 2.33. The summed E-state index contributed by atoms with van der Waals surface area (Å²) in [7, 11) is 0. The predicted molar refractivity (Wildman–Crippen MR) is 59.0 cm³/mol. The molecule has 1 heterocycles. The zero-order chi connectivity index (χ0) is 11.7. The van der Waals surface area contributed by atoms with Crippen LogP contribution in [0.25, 0.3) is 10.9 Å². The molecule has 5 nitrogen and oxygen atoms in total. The maximum Gasteiger partial charge on any atom is 0.270 e. The number of non-ortho nitro benzene ring substituents is 1. The number of hydrogen-bond acceptors (Lipinski definition) is 3. The molecule has 2 rings (SSSR count). The first-order chi connectivity index (χ1) is 7.63. The lowest BCUT2D eigenvalue weighted by Crippen LogP contribution is -1.87. The third kappa shape index (κ3) is 1.50. The van der Waals surface area contributed by atoms with E-state index < -0.39 is 4.92 Å². The Morgan fingerprint density at radius 3 is 2.94 bits per heavy atom. The average molecular weight is 215 g/mol. The fourth-order valence-electron chi connectivity index (χ4n) is 1.79. The molecule has 0 aliphatic heterocycles. The fraction of sp³-hybridized carbons (Fsp3) is 0.182. The van der Waals surface area contributed by atoms with Crippen molar-refractivity contribution in [3.05, 3.63) is 39.6 Å². The standard InChI is InChI=1S/C11H9N3O2/c1-7-9(4-5-12)10-6-8(14(15)16)2-3-11(10)13-7/h2-3,6,13H,4H2,1H3. The molecule has 0 unspecified atom stereocenters. The number of nitrogens with one attached hydrogen (secondary N) is 1. The van der Waals surface area contributed by atoms with E-state index in [1.54, 1.807) is 6.07 Å². The molecule has 0 bridgehead atoms. The predicted octanol–water partition coefficient (Wildman–Crippen LogP) is 2.45. The van der Waals surface area contributed by atoms with Crippen LogP contribution in [0.1, 0.15) is 11.3 Å². The van der Waals surface area contributed by atoms with Gasteiger partial charge in [0.05, 0.1) is 17.4 Å². The average Bonchev–Trinajstić information content (AvgIpc) is 2.55. The summed E-state index contributed by atoms with van der Waals surface area (Å²) in [6, 6.07) is 6.69. The number of aromatic nitrogens is 1. The Balaban J connectivity index is 2.70. The second-order valence-electron chi connectivity index (χ2n) is 3.55. The molecule has 0 fully saturated rings. The van der Waals surface area contributed by atoms with Crippen molar-refractivity contribution in [1.29, 1.82) is 5.26 Å². The van der Waals surface area contributed by atoms with Gasteiger partial charge in [-0.2, -0.15) is 5.26 Å². The van der Waals surface area contributed by atoms with Gasteiger partial charge < -0.3 is 4.98 Å². The molecule has 2 aromatic rings. The van der Waals surface area contributed by atoms with Crippen LogP contribution in [0.4, 0.5) is 5.69 Å². The molecule has 0 aliphatic rings. The molecule has 80 valence electrons. The lowest BCUT2D eigenvalue weighted by Gasteiger charge is -1.94. The number of aryl methyl sites for hydroxylation is 1. The van der Waals surface area contributed by atoms with Gasteiger partial charge >= 0.3 is 0 Å². The van der Waals surface area contributed by atoms with Crippen LogP contribution < -0.4 is 0 Å². The van der Waals surface area contributed by atoms with Crippen LogP contribution in [0, 0.1) is 28.4 Å². The minimum atomic E-state index is -0.433. The third-order valence-electron chi connectivity index (χ3n) is 2.57. The second kappa shape index (κ2) is 3.66. The van der Waals surface area contributed by atoms with Crippen molar-refractivity contribution < 1.29 is 4.92 Å². The highest BCUT2D eigenvalue weighted by atomic mass is 16.6. The van der Waals surface area contributed by atoms with Gasteiger partial charge in [0, 0.05) is 28.7 Å². The number of nitrogens with zero attached hydrogens (tertiary/aromatic N) is 2. The molecule has 0 amide bonds. The van der Waals surface area contributed by atoms with E-state index in [-0.39, 0.29) is 12.1 Å². The smallest absolute Gasteiger partial charge is 0.270 e. The summed E-state index contributed by atoms with van der Waals surface area (Å²) in [6.45, 7) is 1.86. The van der Waals surface area contributed by atoms with E-state index >= 15 is 0 Å². The van der Waals surface area contributed by atoms with Gasteiger partial charge in [-0.1, -0.05) is 0 Å². The van der Waals surface area contributed by atoms with Gasteiger partial charge in [-0.25, -0.2) is 0 Å². The highest BCUT2D eigenvalue weighted by Gasteiger charge is 2.12. The van der Waals surface area contributed by atoms with E-state index in [4.69, 9.17) is 5.26 Å². The quantitative estimate of drug-likeness (QED) is 0.616. The van der Waals surface area contributed by atoms with Crippen molar-refractivity contribution in [3.63, 3.8) is 0 Å². The van der Waals surface area contributed by atoms with Gasteiger partial charge in [-0.3, -0.25) is 10.1 Å². The van der Waals surface area contributed by atoms with Gasteiger partial charge in [-0.05, 0) is 18.6 Å². The number of nitro groups is 1. The Labute approximate surface area is 91.5 Å². The van der Waals surface area contributed by atoms with Gasteiger partial charge in [0.25, 0.3) is 5.69 Å². The topological polar surface area (TPSA) is 82.7 Å². The van der Waals surface area contributed by atoms with Crippen LogP contribution in [0.5, 0.6) is 0 Å². The molecule has 0 aliphatic carbocycles. The van der Waals surface area contributed by atoms with E-state index in [1.807, 2.05) is 6.92 Å². The molecule has 16 heavy (non-hydrogen) atoms. The third-order valence-corrected chi connectivity index (χ3v) is 2.57. The van der Waals surface area contributed by atoms with Gasteiger partial charge in [0.1, 0.15) is 0 Å². The number of rotatable bonds is 2. The highest BCUT2D eigenvalue weighted by Crippen LogP contribution is 2.26. The van der Waals surface area contributed by atoms with Crippen molar-refractivity contribution in [1.82, 2.24) is 4.98 Å². The lowest BCUT2D eigenvalue weighted by atomic mass is 10.1. The van der Waals surface area contributed by atoms with Crippen LogP contribution in [0.2, 0.25) is 0 Å². The summed E-state index contributed by atoms with van der Waals surface area (Å²) >= 11 is 0. The van der Waals surface area contributed by atoms with Crippen molar-refractivity contribution in [2.75, 3.05) is 0 Å². The van der Waals surface area contributed by atoms with Crippen LogP contribution >= 0.6 is 0 Å². The summed E-state index contributed by atoms with van der Waals surface area (Å²) in [5, 5.41) is 20.1. The molecule has 1 aromatic heterocycles. The van der Waals surface area contributed by atoms with Gasteiger partial charge in [0.15, 0.2) is 0 Å². The van der Waals surface area contributed by atoms with Crippen LogP contribution in [-0.4, -0.2) is 9.91 Å². The van der Waals surface area contributed by atoms with E-state index in [1.165, 1.54) is 12.1 Å². The number of nitro benzene ring substituents is 1.